The molecule has 1 aromatic carbocycles. The van der Waals surface area contributed by atoms with Crippen LogP contribution in [0.25, 0.3) is 0 Å². The van der Waals surface area contributed by atoms with Gasteiger partial charge in [0.1, 0.15) is 0 Å². The molecule has 2 rings (SSSR count). The molecule has 16 heavy (non-hydrogen) atoms. The summed E-state index contributed by atoms with van der Waals surface area (Å²) < 4.78 is 10.4. The minimum absolute atomic E-state index is 0.0377. The predicted molar refractivity (Wildman–Crippen MR) is 59.5 cm³/mol. The van der Waals surface area contributed by atoms with Crippen molar-refractivity contribution in [1.82, 2.24) is 0 Å². The second-order valence-corrected chi connectivity index (χ2v) is 3.51. The van der Waals surface area contributed by atoms with E-state index in [2.05, 4.69) is 5.32 Å². The Balaban J connectivity index is 1.97. The van der Waals surface area contributed by atoms with Crippen LogP contribution in [-0.2, 0) is 4.79 Å². The van der Waals surface area contributed by atoms with Gasteiger partial charge in [0.05, 0.1) is 0 Å². The highest BCUT2D eigenvalue weighted by molar-refractivity contribution is 5.91. The second-order valence-electron chi connectivity index (χ2n) is 3.51. The van der Waals surface area contributed by atoms with Crippen LogP contribution in [0.15, 0.2) is 18.2 Å². The highest BCUT2D eigenvalue weighted by atomic mass is 16.7. The average molecular weight is 222 g/mol. The lowest BCUT2D eigenvalue weighted by atomic mass is 10.2. The molecule has 0 radical (unpaired) electrons. The van der Waals surface area contributed by atoms with Gasteiger partial charge in [-0.15, -0.1) is 0 Å². The number of nitrogens with one attached hydrogen (secondary N) is 1. The summed E-state index contributed by atoms with van der Waals surface area (Å²) in [5, 5.41) is 2.78. The van der Waals surface area contributed by atoms with Crippen LogP contribution in [-0.4, -0.2) is 19.2 Å². The molecule has 0 unspecified atom stereocenters. The van der Waals surface area contributed by atoms with Crippen LogP contribution >= 0.6 is 0 Å². The molecule has 1 heterocycles. The van der Waals surface area contributed by atoms with E-state index < -0.39 is 0 Å². The van der Waals surface area contributed by atoms with E-state index in [9.17, 15) is 4.79 Å². The van der Waals surface area contributed by atoms with Gasteiger partial charge in [-0.25, -0.2) is 0 Å². The molecule has 0 aromatic heterocycles. The van der Waals surface area contributed by atoms with Crippen molar-refractivity contribution in [3.8, 4) is 11.5 Å². The molecule has 0 saturated heterocycles. The molecule has 1 aromatic rings. The number of hydrogen-bond donors (Lipinski definition) is 2. The van der Waals surface area contributed by atoms with Crippen LogP contribution in [0.2, 0.25) is 0 Å². The van der Waals surface area contributed by atoms with Gasteiger partial charge in [0.2, 0.25) is 12.7 Å². The number of benzene rings is 1. The summed E-state index contributed by atoms with van der Waals surface area (Å²) in [7, 11) is 0. The van der Waals surface area contributed by atoms with Crippen molar-refractivity contribution >= 4 is 11.6 Å². The van der Waals surface area contributed by atoms with Crippen molar-refractivity contribution in [2.45, 2.75) is 12.8 Å². The van der Waals surface area contributed by atoms with Crippen molar-refractivity contribution < 1.29 is 14.3 Å². The first-order valence-corrected chi connectivity index (χ1v) is 5.19. The van der Waals surface area contributed by atoms with E-state index in [1.54, 1.807) is 18.2 Å². The van der Waals surface area contributed by atoms with Gasteiger partial charge in [-0.3, -0.25) is 4.79 Å². The summed E-state index contributed by atoms with van der Waals surface area (Å²) in [4.78, 5) is 11.4. The molecular weight excluding hydrogens is 208 g/mol. The third-order valence-corrected chi connectivity index (χ3v) is 2.26. The monoisotopic (exact) mass is 222 g/mol. The number of ether oxygens (including phenoxy) is 2. The average Bonchev–Trinajstić information content (AvgIpc) is 2.73. The van der Waals surface area contributed by atoms with Crippen LogP contribution in [0.3, 0.4) is 0 Å². The van der Waals surface area contributed by atoms with Gasteiger partial charge < -0.3 is 20.5 Å². The molecule has 0 spiro atoms. The topological polar surface area (TPSA) is 73.6 Å². The third-order valence-electron chi connectivity index (χ3n) is 2.26. The van der Waals surface area contributed by atoms with Crippen LogP contribution in [0.4, 0.5) is 5.69 Å². The van der Waals surface area contributed by atoms with Gasteiger partial charge in [-0.05, 0) is 25.1 Å². The molecule has 86 valence electrons. The van der Waals surface area contributed by atoms with E-state index >= 15 is 0 Å². The Morgan fingerprint density at radius 1 is 1.38 bits per heavy atom. The number of carbonyl (C=O) groups is 1. The molecule has 0 bridgehead atoms. The van der Waals surface area contributed by atoms with E-state index in [-0.39, 0.29) is 12.7 Å². The van der Waals surface area contributed by atoms with Gasteiger partial charge in [0, 0.05) is 18.2 Å². The normalized spacial score (nSPS) is 12.6. The van der Waals surface area contributed by atoms with Gasteiger partial charge in [-0.2, -0.15) is 0 Å². The van der Waals surface area contributed by atoms with E-state index in [0.717, 1.165) is 0 Å². The second kappa shape index (κ2) is 4.85. The van der Waals surface area contributed by atoms with E-state index in [0.29, 0.717) is 36.6 Å². The first kappa shape index (κ1) is 10.8. The quantitative estimate of drug-likeness (QED) is 0.799. The fourth-order valence-corrected chi connectivity index (χ4v) is 1.46. The number of rotatable bonds is 4. The van der Waals surface area contributed by atoms with Crippen LogP contribution in [0, 0.1) is 0 Å². The minimum Gasteiger partial charge on any atom is -0.454 e. The summed E-state index contributed by atoms with van der Waals surface area (Å²) in [5.74, 6) is 1.33. The smallest absolute Gasteiger partial charge is 0.231 e. The number of amides is 1. The maximum absolute atomic E-state index is 11.4. The van der Waals surface area contributed by atoms with Crippen molar-refractivity contribution in [2.24, 2.45) is 5.73 Å². The van der Waals surface area contributed by atoms with E-state index in [4.69, 9.17) is 15.2 Å². The fraction of sp³-hybridized carbons (Fsp3) is 0.364. The molecule has 1 amide bonds. The number of hydrogen-bond acceptors (Lipinski definition) is 4. The zero-order chi connectivity index (χ0) is 11.4. The molecule has 1 aliphatic rings. The summed E-state index contributed by atoms with van der Waals surface area (Å²) in [6.45, 7) is 0.758. The molecular formula is C11H14N2O3. The van der Waals surface area contributed by atoms with Gasteiger partial charge >= 0.3 is 0 Å². The molecule has 3 N–H and O–H groups in total. The fourth-order valence-electron chi connectivity index (χ4n) is 1.46. The Labute approximate surface area is 93.5 Å². The van der Waals surface area contributed by atoms with Crippen LogP contribution in [0.5, 0.6) is 11.5 Å². The summed E-state index contributed by atoms with van der Waals surface area (Å²) in [6.07, 6.45) is 1.13. The third kappa shape index (κ3) is 2.43. The van der Waals surface area contributed by atoms with Gasteiger partial charge in [-0.1, -0.05) is 0 Å². The van der Waals surface area contributed by atoms with Crippen LogP contribution < -0.4 is 20.5 Å². The molecule has 5 nitrogen and oxygen atoms in total. The number of anilines is 1. The molecule has 5 heteroatoms. The number of nitrogens with two attached hydrogens (primary N) is 1. The lowest BCUT2D eigenvalue weighted by Gasteiger charge is -2.05. The largest absolute Gasteiger partial charge is 0.454 e. The Morgan fingerprint density at radius 2 is 2.19 bits per heavy atom. The summed E-state index contributed by atoms with van der Waals surface area (Å²) in [5.41, 5.74) is 6.04. The Hall–Kier alpha value is -1.75. The standard InChI is InChI=1S/C11H14N2O3/c12-5-1-2-11(14)13-8-3-4-9-10(6-8)16-7-15-9/h3-4,6H,1-2,5,7,12H2,(H,13,14). The van der Waals surface area contributed by atoms with Gasteiger partial charge in [0.25, 0.3) is 0 Å². The first-order valence-electron chi connectivity index (χ1n) is 5.19. The van der Waals surface area contributed by atoms with Crippen LogP contribution in [0.1, 0.15) is 12.8 Å². The Morgan fingerprint density at radius 3 is 3.00 bits per heavy atom. The summed E-state index contributed by atoms with van der Waals surface area (Å²) in [6, 6.07) is 5.32. The molecule has 0 atom stereocenters. The molecule has 0 saturated carbocycles. The molecule has 1 aliphatic heterocycles. The first-order chi connectivity index (χ1) is 7.79. The zero-order valence-corrected chi connectivity index (χ0v) is 8.86. The lowest BCUT2D eigenvalue weighted by Crippen LogP contribution is -2.13. The molecule has 0 fully saturated rings. The Bertz CT molecular complexity index is 393. The SMILES string of the molecule is NCCCC(=O)Nc1ccc2c(c1)OCO2. The predicted octanol–water partition coefficient (Wildman–Crippen LogP) is 1.09. The zero-order valence-electron chi connectivity index (χ0n) is 8.86. The number of carbonyl (C=O) groups excluding carboxylic acids is 1. The highest BCUT2D eigenvalue weighted by Gasteiger charge is 2.13. The molecule has 0 aliphatic carbocycles. The highest BCUT2D eigenvalue weighted by Crippen LogP contribution is 2.34. The minimum atomic E-state index is -0.0377. The van der Waals surface area contributed by atoms with Crippen molar-refractivity contribution in [1.29, 1.82) is 0 Å². The Kier molecular flexibility index (Phi) is 3.26. The number of fused-ring (bicyclic) bond motifs is 1. The maximum atomic E-state index is 11.4. The van der Waals surface area contributed by atoms with Crippen molar-refractivity contribution in [3.63, 3.8) is 0 Å². The van der Waals surface area contributed by atoms with E-state index in [1.807, 2.05) is 0 Å². The van der Waals surface area contributed by atoms with Gasteiger partial charge in [0.15, 0.2) is 11.5 Å². The maximum Gasteiger partial charge on any atom is 0.231 e. The summed E-state index contributed by atoms with van der Waals surface area (Å²) >= 11 is 0. The van der Waals surface area contributed by atoms with Crippen molar-refractivity contribution in [3.05, 3.63) is 18.2 Å². The van der Waals surface area contributed by atoms with E-state index in [1.165, 1.54) is 0 Å². The lowest BCUT2D eigenvalue weighted by molar-refractivity contribution is -0.116. The van der Waals surface area contributed by atoms with Crippen molar-refractivity contribution in [2.75, 3.05) is 18.7 Å².